The fourth-order valence-electron chi connectivity index (χ4n) is 1.04. The number of nitrogens with zero attached hydrogens (tertiary/aromatic N) is 2. The Labute approximate surface area is 81.2 Å². The largest absolute Gasteiger partial charge is 0.150 e. The standard InChI is InChI=1S/C10H6ClN2/c11-9-5-3-8(4-6-9)10-2-1-7-12-13-10/h1-6H. The Morgan fingerprint density at radius 3 is 2.46 bits per heavy atom. The van der Waals surface area contributed by atoms with Gasteiger partial charge < -0.3 is 0 Å². The molecular formula is C10H6ClN2. The molecule has 0 aliphatic rings. The summed E-state index contributed by atoms with van der Waals surface area (Å²) in [4.78, 5) is 0. The molecular weight excluding hydrogens is 184 g/mol. The van der Waals surface area contributed by atoms with Crippen LogP contribution in [0.3, 0.4) is 0 Å². The second-order valence-electron chi connectivity index (χ2n) is 2.55. The predicted molar refractivity (Wildman–Crippen MR) is 51.3 cm³/mol. The molecule has 1 aromatic carbocycles. The van der Waals surface area contributed by atoms with Crippen molar-refractivity contribution < 1.29 is 0 Å². The van der Waals surface area contributed by atoms with E-state index in [4.69, 9.17) is 11.6 Å². The van der Waals surface area contributed by atoms with Gasteiger partial charge in [0, 0.05) is 10.6 Å². The first-order chi connectivity index (χ1) is 6.36. The fourth-order valence-corrected chi connectivity index (χ4v) is 1.17. The van der Waals surface area contributed by atoms with E-state index in [9.17, 15) is 0 Å². The fraction of sp³-hybridized carbons (Fsp3) is 0. The van der Waals surface area contributed by atoms with Gasteiger partial charge in [0.25, 0.3) is 0 Å². The summed E-state index contributed by atoms with van der Waals surface area (Å²) >= 11 is 5.76. The van der Waals surface area contributed by atoms with Crippen LogP contribution in [0.1, 0.15) is 0 Å². The average Bonchev–Trinajstić information content (AvgIpc) is 2.20. The second kappa shape index (κ2) is 3.54. The van der Waals surface area contributed by atoms with Gasteiger partial charge in [0.15, 0.2) is 0 Å². The zero-order valence-corrected chi connectivity index (χ0v) is 7.49. The zero-order valence-electron chi connectivity index (χ0n) is 6.74. The van der Waals surface area contributed by atoms with Gasteiger partial charge in [0.2, 0.25) is 0 Å². The van der Waals surface area contributed by atoms with Gasteiger partial charge in [-0.05, 0) is 24.3 Å². The van der Waals surface area contributed by atoms with E-state index in [1.807, 2.05) is 30.3 Å². The van der Waals surface area contributed by atoms with Gasteiger partial charge in [-0.2, -0.15) is 0 Å². The van der Waals surface area contributed by atoms with E-state index in [0.29, 0.717) is 0 Å². The van der Waals surface area contributed by atoms with Crippen LogP contribution < -0.4 is 0 Å². The molecule has 13 heavy (non-hydrogen) atoms. The van der Waals surface area contributed by atoms with Crippen molar-refractivity contribution in [3.05, 3.63) is 47.6 Å². The maximum atomic E-state index is 5.76. The highest BCUT2D eigenvalue weighted by Crippen LogP contribution is 2.17. The van der Waals surface area contributed by atoms with Crippen molar-refractivity contribution in [1.29, 1.82) is 0 Å². The Kier molecular flexibility index (Phi) is 2.23. The van der Waals surface area contributed by atoms with Gasteiger partial charge in [-0.25, -0.2) is 0 Å². The molecule has 2 rings (SSSR count). The normalized spacial score (nSPS) is 9.92. The summed E-state index contributed by atoms with van der Waals surface area (Å²) in [6, 6.07) is 11.1. The summed E-state index contributed by atoms with van der Waals surface area (Å²) in [5.41, 5.74) is 1.83. The van der Waals surface area contributed by atoms with Crippen LogP contribution in [-0.4, -0.2) is 10.2 Å². The lowest BCUT2D eigenvalue weighted by Crippen LogP contribution is -1.84. The molecule has 2 aromatic rings. The summed E-state index contributed by atoms with van der Waals surface area (Å²) in [5.74, 6) is 0. The Morgan fingerprint density at radius 2 is 1.85 bits per heavy atom. The smallest absolute Gasteiger partial charge is 0.113 e. The number of halogens is 1. The maximum absolute atomic E-state index is 5.76. The summed E-state index contributed by atoms with van der Waals surface area (Å²) < 4.78 is 0. The molecule has 1 heterocycles. The monoisotopic (exact) mass is 189 g/mol. The lowest BCUT2D eigenvalue weighted by molar-refractivity contribution is 1.03. The quantitative estimate of drug-likeness (QED) is 0.689. The van der Waals surface area contributed by atoms with Gasteiger partial charge in [-0.1, -0.05) is 23.7 Å². The number of rotatable bonds is 1. The summed E-state index contributed by atoms with van der Waals surface area (Å²) in [5, 5.41) is 8.33. The van der Waals surface area contributed by atoms with Crippen molar-refractivity contribution in [3.8, 4) is 11.3 Å². The van der Waals surface area contributed by atoms with Crippen molar-refractivity contribution in [1.82, 2.24) is 10.2 Å². The van der Waals surface area contributed by atoms with Gasteiger partial charge in [0.05, 0.1) is 5.69 Å². The molecule has 3 heteroatoms. The van der Waals surface area contributed by atoms with Crippen LogP contribution in [0.2, 0.25) is 5.02 Å². The Balaban J connectivity index is 2.42. The topological polar surface area (TPSA) is 25.8 Å². The number of hydrogen-bond acceptors (Lipinski definition) is 2. The first kappa shape index (κ1) is 8.20. The Bertz CT molecular complexity index is 383. The molecule has 1 radical (unpaired) electrons. The highest BCUT2D eigenvalue weighted by molar-refractivity contribution is 6.30. The molecule has 2 nitrogen and oxygen atoms in total. The highest BCUT2D eigenvalue weighted by Gasteiger charge is 1.97. The maximum Gasteiger partial charge on any atom is 0.113 e. The predicted octanol–water partition coefficient (Wildman–Crippen LogP) is 2.60. The molecule has 0 N–H and O–H groups in total. The van der Waals surface area contributed by atoms with E-state index < -0.39 is 0 Å². The number of aromatic nitrogens is 2. The first-order valence-corrected chi connectivity index (χ1v) is 4.20. The van der Waals surface area contributed by atoms with E-state index in [1.54, 1.807) is 6.07 Å². The minimum absolute atomic E-state index is 0.721. The van der Waals surface area contributed by atoms with E-state index in [-0.39, 0.29) is 0 Å². The van der Waals surface area contributed by atoms with Crippen LogP contribution in [0.15, 0.2) is 36.4 Å². The molecule has 0 saturated heterocycles. The highest BCUT2D eigenvalue weighted by atomic mass is 35.5. The number of hydrogen-bond donors (Lipinski definition) is 0. The Morgan fingerprint density at radius 1 is 1.08 bits per heavy atom. The summed E-state index contributed by atoms with van der Waals surface area (Å²) in [6.45, 7) is 0. The van der Waals surface area contributed by atoms with Crippen LogP contribution in [-0.2, 0) is 0 Å². The molecule has 0 spiro atoms. The van der Waals surface area contributed by atoms with Gasteiger partial charge in [0.1, 0.15) is 6.20 Å². The van der Waals surface area contributed by atoms with E-state index in [2.05, 4.69) is 16.4 Å². The number of benzene rings is 1. The molecule has 0 aliphatic heterocycles. The molecule has 0 bridgehead atoms. The molecule has 0 saturated carbocycles. The van der Waals surface area contributed by atoms with Crippen molar-refractivity contribution in [2.75, 3.05) is 0 Å². The van der Waals surface area contributed by atoms with Gasteiger partial charge in [-0.3, -0.25) is 0 Å². The molecule has 0 aliphatic carbocycles. The van der Waals surface area contributed by atoms with Gasteiger partial charge in [-0.15, -0.1) is 10.2 Å². The molecule has 63 valence electrons. The summed E-state index contributed by atoms with van der Waals surface area (Å²) in [7, 11) is 0. The summed E-state index contributed by atoms with van der Waals surface area (Å²) in [6.07, 6.45) is 2.63. The lowest BCUT2D eigenvalue weighted by Gasteiger charge is -1.97. The molecule has 1 aromatic heterocycles. The third-order valence-corrected chi connectivity index (χ3v) is 1.92. The van der Waals surface area contributed by atoms with Crippen LogP contribution in [0, 0.1) is 6.20 Å². The van der Waals surface area contributed by atoms with Crippen molar-refractivity contribution in [3.63, 3.8) is 0 Å². The first-order valence-electron chi connectivity index (χ1n) is 3.82. The molecule has 0 fully saturated rings. The van der Waals surface area contributed by atoms with Crippen LogP contribution >= 0.6 is 11.6 Å². The Hall–Kier alpha value is -1.41. The van der Waals surface area contributed by atoms with E-state index in [0.717, 1.165) is 16.3 Å². The van der Waals surface area contributed by atoms with E-state index >= 15 is 0 Å². The minimum Gasteiger partial charge on any atom is -0.150 e. The molecule has 0 unspecified atom stereocenters. The van der Waals surface area contributed by atoms with Crippen molar-refractivity contribution in [2.24, 2.45) is 0 Å². The third-order valence-electron chi connectivity index (χ3n) is 1.67. The van der Waals surface area contributed by atoms with Gasteiger partial charge >= 0.3 is 0 Å². The van der Waals surface area contributed by atoms with Crippen LogP contribution in [0.4, 0.5) is 0 Å². The zero-order chi connectivity index (χ0) is 9.10. The lowest BCUT2D eigenvalue weighted by atomic mass is 10.1. The second-order valence-corrected chi connectivity index (χ2v) is 2.99. The molecule has 0 amide bonds. The van der Waals surface area contributed by atoms with Crippen LogP contribution in [0.5, 0.6) is 0 Å². The minimum atomic E-state index is 0.721. The SMILES string of the molecule is Clc1ccc(-c2cc[c]nn2)cc1. The molecule has 0 atom stereocenters. The van der Waals surface area contributed by atoms with E-state index in [1.165, 1.54) is 0 Å². The van der Waals surface area contributed by atoms with Crippen LogP contribution in [0.25, 0.3) is 11.3 Å². The average molecular weight is 190 g/mol. The van der Waals surface area contributed by atoms with Crippen molar-refractivity contribution in [2.45, 2.75) is 0 Å². The third kappa shape index (κ3) is 1.84. The van der Waals surface area contributed by atoms with Crippen molar-refractivity contribution >= 4 is 11.6 Å².